The van der Waals surface area contributed by atoms with Gasteiger partial charge in [-0.15, -0.1) is 11.8 Å². The number of alkyl halides is 3. The second-order valence-electron chi connectivity index (χ2n) is 4.39. The molecule has 0 bridgehead atoms. The van der Waals surface area contributed by atoms with Gasteiger partial charge in [-0.25, -0.2) is 0 Å². The van der Waals surface area contributed by atoms with Gasteiger partial charge in [-0.3, -0.25) is 0 Å². The molecule has 2 N–H and O–H groups in total. The van der Waals surface area contributed by atoms with Crippen molar-refractivity contribution in [2.24, 2.45) is 5.73 Å². The average Bonchev–Trinajstić information content (AvgIpc) is 2.26. The Hall–Kier alpha value is -0.680. The fourth-order valence-electron chi connectivity index (χ4n) is 1.49. The number of hydrogen-bond donors (Lipinski definition) is 1. The minimum atomic E-state index is -4.07. The number of halogens is 3. The Bertz CT molecular complexity index is 348. The second kappa shape index (κ2) is 7.04. The lowest BCUT2D eigenvalue weighted by Crippen LogP contribution is -2.23. The molecule has 5 heteroatoms. The van der Waals surface area contributed by atoms with E-state index in [0.29, 0.717) is 12.2 Å². The van der Waals surface area contributed by atoms with E-state index in [1.54, 1.807) is 11.8 Å². The van der Waals surface area contributed by atoms with E-state index in [-0.39, 0.29) is 12.5 Å². The Kier molecular flexibility index (Phi) is 6.02. The highest BCUT2D eigenvalue weighted by Gasteiger charge is 2.26. The first-order valence-electron chi connectivity index (χ1n) is 5.88. The molecule has 102 valence electrons. The first-order valence-corrected chi connectivity index (χ1v) is 6.87. The number of nitrogens with two attached hydrogens (primary N) is 1. The fourth-order valence-corrected chi connectivity index (χ4v) is 2.39. The molecule has 18 heavy (non-hydrogen) atoms. The molecule has 1 unspecified atom stereocenters. The SMILES string of the molecule is Cc1ccc(SCC(N)CCCC(F)(F)F)cc1. The first kappa shape index (κ1) is 15.4. The summed E-state index contributed by atoms with van der Waals surface area (Å²) in [5.41, 5.74) is 6.98. The van der Waals surface area contributed by atoms with Crippen molar-refractivity contribution in [1.29, 1.82) is 0 Å². The lowest BCUT2D eigenvalue weighted by Gasteiger charge is -2.12. The predicted octanol–water partition coefficient (Wildman–Crippen LogP) is 4.15. The van der Waals surface area contributed by atoms with Gasteiger partial charge < -0.3 is 5.73 Å². The Morgan fingerprint density at radius 2 is 1.83 bits per heavy atom. The molecule has 0 aliphatic carbocycles. The average molecular weight is 277 g/mol. The Morgan fingerprint density at radius 1 is 1.22 bits per heavy atom. The van der Waals surface area contributed by atoms with E-state index in [0.717, 1.165) is 4.90 Å². The van der Waals surface area contributed by atoms with Gasteiger partial charge in [0.1, 0.15) is 0 Å². The summed E-state index contributed by atoms with van der Waals surface area (Å²) in [4.78, 5) is 1.10. The number of thioether (sulfide) groups is 1. The van der Waals surface area contributed by atoms with Crippen molar-refractivity contribution in [1.82, 2.24) is 0 Å². The van der Waals surface area contributed by atoms with Gasteiger partial charge in [0.05, 0.1) is 0 Å². The van der Waals surface area contributed by atoms with Crippen molar-refractivity contribution in [2.45, 2.75) is 43.3 Å². The molecule has 1 aromatic carbocycles. The number of aryl methyl sites for hydroxylation is 1. The van der Waals surface area contributed by atoms with Gasteiger partial charge in [0, 0.05) is 23.1 Å². The third-order valence-corrected chi connectivity index (χ3v) is 3.72. The summed E-state index contributed by atoms with van der Waals surface area (Å²) in [5, 5.41) is 0. The molecule has 0 aliphatic heterocycles. The van der Waals surface area contributed by atoms with E-state index >= 15 is 0 Å². The molecule has 1 atom stereocenters. The standard InChI is InChI=1S/C13H18F3NS/c1-10-4-6-12(7-5-10)18-9-11(17)3-2-8-13(14,15)16/h4-7,11H,2-3,8-9,17H2,1H3. The molecular weight excluding hydrogens is 259 g/mol. The van der Waals surface area contributed by atoms with Crippen LogP contribution in [-0.2, 0) is 0 Å². The van der Waals surface area contributed by atoms with Crippen molar-refractivity contribution >= 4 is 11.8 Å². The molecule has 0 radical (unpaired) electrons. The normalized spacial score (nSPS) is 13.6. The van der Waals surface area contributed by atoms with Crippen LogP contribution in [0.15, 0.2) is 29.2 Å². The summed E-state index contributed by atoms with van der Waals surface area (Å²) in [6.45, 7) is 2.01. The summed E-state index contributed by atoms with van der Waals surface area (Å²) in [6, 6.07) is 7.85. The molecule has 0 fully saturated rings. The van der Waals surface area contributed by atoms with Crippen LogP contribution in [0.2, 0.25) is 0 Å². The Morgan fingerprint density at radius 3 is 2.39 bits per heavy atom. The third-order valence-electron chi connectivity index (χ3n) is 2.52. The maximum atomic E-state index is 11.9. The number of benzene rings is 1. The van der Waals surface area contributed by atoms with Crippen molar-refractivity contribution in [3.05, 3.63) is 29.8 Å². The largest absolute Gasteiger partial charge is 0.389 e. The molecule has 0 spiro atoms. The molecule has 0 saturated heterocycles. The van der Waals surface area contributed by atoms with Crippen LogP contribution in [0.4, 0.5) is 13.2 Å². The number of hydrogen-bond acceptors (Lipinski definition) is 2. The molecule has 0 amide bonds. The Labute approximate surface area is 110 Å². The molecule has 0 aromatic heterocycles. The smallest absolute Gasteiger partial charge is 0.327 e. The van der Waals surface area contributed by atoms with Crippen LogP contribution < -0.4 is 5.73 Å². The highest BCUT2D eigenvalue weighted by atomic mass is 32.2. The predicted molar refractivity (Wildman–Crippen MR) is 69.8 cm³/mol. The highest BCUT2D eigenvalue weighted by molar-refractivity contribution is 7.99. The molecule has 0 heterocycles. The molecule has 0 saturated carbocycles. The minimum Gasteiger partial charge on any atom is -0.327 e. The molecule has 1 nitrogen and oxygen atoms in total. The van der Waals surface area contributed by atoms with Crippen LogP contribution in [-0.4, -0.2) is 18.0 Å². The summed E-state index contributed by atoms with van der Waals surface area (Å²) in [5.74, 6) is 0.654. The quantitative estimate of drug-likeness (QED) is 0.791. The zero-order chi connectivity index (χ0) is 13.6. The summed E-state index contributed by atoms with van der Waals surface area (Å²) in [7, 11) is 0. The van der Waals surface area contributed by atoms with E-state index < -0.39 is 12.6 Å². The molecule has 0 aliphatic rings. The topological polar surface area (TPSA) is 26.0 Å². The lowest BCUT2D eigenvalue weighted by atomic mass is 10.1. The van der Waals surface area contributed by atoms with Gasteiger partial charge in [-0.1, -0.05) is 17.7 Å². The van der Waals surface area contributed by atoms with Crippen LogP contribution in [0.5, 0.6) is 0 Å². The second-order valence-corrected chi connectivity index (χ2v) is 5.48. The van der Waals surface area contributed by atoms with Crippen LogP contribution in [0.25, 0.3) is 0 Å². The lowest BCUT2D eigenvalue weighted by molar-refractivity contribution is -0.135. The summed E-state index contributed by atoms with van der Waals surface area (Å²) >= 11 is 1.59. The summed E-state index contributed by atoms with van der Waals surface area (Å²) in [6.07, 6.45) is -4.28. The molecule has 1 aromatic rings. The van der Waals surface area contributed by atoms with E-state index in [4.69, 9.17) is 5.73 Å². The zero-order valence-corrected chi connectivity index (χ0v) is 11.2. The monoisotopic (exact) mass is 277 g/mol. The van der Waals surface area contributed by atoms with E-state index in [1.807, 2.05) is 31.2 Å². The van der Waals surface area contributed by atoms with Crippen molar-refractivity contribution in [3.63, 3.8) is 0 Å². The highest BCUT2D eigenvalue weighted by Crippen LogP contribution is 2.24. The van der Waals surface area contributed by atoms with Gasteiger partial charge >= 0.3 is 6.18 Å². The van der Waals surface area contributed by atoms with Crippen LogP contribution in [0.1, 0.15) is 24.8 Å². The van der Waals surface area contributed by atoms with Crippen molar-refractivity contribution in [3.8, 4) is 0 Å². The van der Waals surface area contributed by atoms with E-state index in [1.165, 1.54) is 5.56 Å². The van der Waals surface area contributed by atoms with Crippen molar-refractivity contribution < 1.29 is 13.2 Å². The van der Waals surface area contributed by atoms with Crippen LogP contribution in [0, 0.1) is 6.92 Å². The van der Waals surface area contributed by atoms with Gasteiger partial charge in [-0.05, 0) is 31.9 Å². The van der Waals surface area contributed by atoms with Gasteiger partial charge in [0.15, 0.2) is 0 Å². The van der Waals surface area contributed by atoms with Gasteiger partial charge in [-0.2, -0.15) is 13.2 Å². The first-order chi connectivity index (χ1) is 8.37. The Balaban J connectivity index is 2.21. The maximum Gasteiger partial charge on any atom is 0.389 e. The van der Waals surface area contributed by atoms with Crippen LogP contribution >= 0.6 is 11.8 Å². The summed E-state index contributed by atoms with van der Waals surface area (Å²) < 4.78 is 35.8. The minimum absolute atomic E-state index is 0.110. The van der Waals surface area contributed by atoms with Crippen LogP contribution in [0.3, 0.4) is 0 Å². The third kappa shape index (κ3) is 6.91. The van der Waals surface area contributed by atoms with E-state index in [9.17, 15) is 13.2 Å². The van der Waals surface area contributed by atoms with E-state index in [2.05, 4.69) is 0 Å². The maximum absolute atomic E-state index is 11.9. The van der Waals surface area contributed by atoms with Gasteiger partial charge in [0.2, 0.25) is 0 Å². The fraction of sp³-hybridized carbons (Fsp3) is 0.538. The van der Waals surface area contributed by atoms with Crippen molar-refractivity contribution in [2.75, 3.05) is 5.75 Å². The molecular formula is C13H18F3NS. The zero-order valence-electron chi connectivity index (χ0n) is 10.3. The van der Waals surface area contributed by atoms with Gasteiger partial charge in [0.25, 0.3) is 0 Å². The number of rotatable bonds is 6. The molecule has 1 rings (SSSR count).